The Morgan fingerprint density at radius 2 is 2.32 bits per heavy atom. The van der Waals surface area contributed by atoms with Crippen molar-refractivity contribution in [2.24, 2.45) is 5.92 Å². The third kappa shape index (κ3) is 3.32. The molecule has 0 bridgehead atoms. The normalized spacial score (nSPS) is 10.7. The van der Waals surface area contributed by atoms with Crippen molar-refractivity contribution in [3.05, 3.63) is 41.0 Å². The van der Waals surface area contributed by atoms with Crippen LogP contribution in [0.1, 0.15) is 29.1 Å². The van der Waals surface area contributed by atoms with Gasteiger partial charge in [-0.05, 0) is 17.7 Å². The number of carbonyl (C=O) groups excluding carboxylic acids is 1. The van der Waals surface area contributed by atoms with Crippen LogP contribution in [0.2, 0.25) is 0 Å². The lowest BCUT2D eigenvalue weighted by Gasteiger charge is -2.03. The fourth-order valence-electron chi connectivity index (χ4n) is 1.64. The molecule has 0 amide bonds. The lowest BCUT2D eigenvalue weighted by Crippen LogP contribution is -2.07. The van der Waals surface area contributed by atoms with Gasteiger partial charge in [-0.1, -0.05) is 19.9 Å². The average Bonchev–Trinajstić information content (AvgIpc) is 2.78. The Bertz CT molecular complexity index is 563. The summed E-state index contributed by atoms with van der Waals surface area (Å²) in [7, 11) is 0. The first-order valence-corrected chi connectivity index (χ1v) is 6.96. The van der Waals surface area contributed by atoms with E-state index in [-0.39, 0.29) is 11.7 Å². The van der Waals surface area contributed by atoms with Crippen LogP contribution in [0.4, 0.5) is 10.7 Å². The van der Waals surface area contributed by atoms with Gasteiger partial charge in [-0.25, -0.2) is 0 Å². The summed E-state index contributed by atoms with van der Waals surface area (Å²) in [6.45, 7) is 4.43. The van der Waals surface area contributed by atoms with Crippen molar-refractivity contribution in [3.63, 3.8) is 0 Å². The highest BCUT2D eigenvalue weighted by molar-refractivity contribution is 7.18. The number of nitrogens with one attached hydrogen (secondary N) is 1. The van der Waals surface area contributed by atoms with Crippen LogP contribution in [-0.4, -0.2) is 10.8 Å². The van der Waals surface area contributed by atoms with E-state index in [1.807, 2.05) is 38.2 Å². The first kappa shape index (κ1) is 13.5. The molecule has 3 N–H and O–H groups in total. The maximum Gasteiger partial charge on any atom is 0.177 e. The molecule has 0 unspecified atom stereocenters. The number of Topliss-reactive ketones (excluding diaryl/α,β-unsaturated/α-hetero) is 1. The first-order chi connectivity index (χ1) is 9.08. The molecule has 2 aromatic heterocycles. The minimum atomic E-state index is -0.0351. The molecule has 2 aromatic rings. The number of pyridine rings is 1. The lowest BCUT2D eigenvalue weighted by molar-refractivity contribution is 0.0944. The number of ketones is 1. The molecule has 2 heterocycles. The minimum Gasteiger partial charge on any atom is -0.397 e. The van der Waals surface area contributed by atoms with Crippen molar-refractivity contribution < 1.29 is 4.79 Å². The number of nitrogens with zero attached hydrogens (tertiary/aromatic N) is 1. The molecular weight excluding hydrogens is 258 g/mol. The van der Waals surface area contributed by atoms with E-state index in [1.54, 1.807) is 6.20 Å². The Hall–Kier alpha value is -1.88. The molecule has 0 aromatic carbocycles. The van der Waals surface area contributed by atoms with Crippen LogP contribution in [-0.2, 0) is 6.54 Å². The maximum atomic E-state index is 11.9. The summed E-state index contributed by atoms with van der Waals surface area (Å²) in [5.41, 5.74) is 7.53. The molecule has 0 saturated carbocycles. The molecule has 5 heteroatoms. The zero-order chi connectivity index (χ0) is 13.8. The molecule has 19 heavy (non-hydrogen) atoms. The van der Waals surface area contributed by atoms with Gasteiger partial charge in [0.1, 0.15) is 0 Å². The summed E-state index contributed by atoms with van der Waals surface area (Å²) in [6.07, 6.45) is 3.55. The van der Waals surface area contributed by atoms with Crippen LogP contribution < -0.4 is 11.1 Å². The van der Waals surface area contributed by atoms with Crippen molar-refractivity contribution in [1.29, 1.82) is 0 Å². The van der Waals surface area contributed by atoms with E-state index >= 15 is 0 Å². The van der Waals surface area contributed by atoms with Gasteiger partial charge in [0.2, 0.25) is 0 Å². The van der Waals surface area contributed by atoms with Crippen LogP contribution >= 0.6 is 11.3 Å². The zero-order valence-electron chi connectivity index (χ0n) is 11.0. The molecule has 100 valence electrons. The number of rotatable bonds is 5. The SMILES string of the molecule is CC(C)C(=O)c1sc(NCc2cccnc2)cc1N. The largest absolute Gasteiger partial charge is 0.397 e. The van der Waals surface area contributed by atoms with Gasteiger partial charge in [-0.3, -0.25) is 9.78 Å². The summed E-state index contributed by atoms with van der Waals surface area (Å²) in [5.74, 6) is 0.0593. The number of anilines is 2. The summed E-state index contributed by atoms with van der Waals surface area (Å²) in [6, 6.07) is 5.71. The number of aromatic nitrogens is 1. The van der Waals surface area contributed by atoms with Crippen molar-refractivity contribution in [2.75, 3.05) is 11.1 Å². The Morgan fingerprint density at radius 1 is 1.53 bits per heavy atom. The van der Waals surface area contributed by atoms with Crippen LogP contribution in [0.3, 0.4) is 0 Å². The number of nitrogens with two attached hydrogens (primary N) is 1. The van der Waals surface area contributed by atoms with Gasteiger partial charge >= 0.3 is 0 Å². The molecule has 0 aliphatic rings. The first-order valence-electron chi connectivity index (χ1n) is 6.14. The Kier molecular flexibility index (Phi) is 4.16. The quantitative estimate of drug-likeness (QED) is 0.822. The molecular formula is C14H17N3OS. The minimum absolute atomic E-state index is 0.0351. The molecule has 0 aliphatic carbocycles. The van der Waals surface area contributed by atoms with Crippen LogP contribution in [0.5, 0.6) is 0 Å². The molecule has 0 spiro atoms. The second kappa shape index (κ2) is 5.84. The van der Waals surface area contributed by atoms with Gasteiger partial charge in [0, 0.05) is 24.9 Å². The summed E-state index contributed by atoms with van der Waals surface area (Å²) in [4.78, 5) is 16.6. The number of hydrogen-bond donors (Lipinski definition) is 2. The Labute approximate surface area is 116 Å². The monoisotopic (exact) mass is 275 g/mol. The number of thiophene rings is 1. The molecule has 0 atom stereocenters. The summed E-state index contributed by atoms with van der Waals surface area (Å²) in [5, 5.41) is 4.17. The zero-order valence-corrected chi connectivity index (χ0v) is 11.8. The van der Waals surface area contributed by atoms with Crippen molar-refractivity contribution in [1.82, 2.24) is 4.98 Å². The van der Waals surface area contributed by atoms with Gasteiger partial charge in [0.05, 0.1) is 15.6 Å². The highest BCUT2D eigenvalue weighted by Gasteiger charge is 2.17. The molecule has 0 radical (unpaired) electrons. The van der Waals surface area contributed by atoms with E-state index in [9.17, 15) is 4.79 Å². The van der Waals surface area contributed by atoms with Crippen LogP contribution in [0.15, 0.2) is 30.6 Å². The van der Waals surface area contributed by atoms with E-state index in [0.717, 1.165) is 10.6 Å². The molecule has 2 rings (SSSR count). The van der Waals surface area contributed by atoms with Gasteiger partial charge < -0.3 is 11.1 Å². The Balaban J connectivity index is 2.06. The highest BCUT2D eigenvalue weighted by Crippen LogP contribution is 2.31. The third-order valence-corrected chi connectivity index (χ3v) is 3.82. The van der Waals surface area contributed by atoms with E-state index in [0.29, 0.717) is 17.1 Å². The molecule has 4 nitrogen and oxygen atoms in total. The number of nitrogen functional groups attached to an aromatic ring is 1. The summed E-state index contributed by atoms with van der Waals surface area (Å²) >= 11 is 1.41. The van der Waals surface area contributed by atoms with E-state index in [4.69, 9.17) is 5.73 Å². The topological polar surface area (TPSA) is 68.0 Å². The van der Waals surface area contributed by atoms with Crippen molar-refractivity contribution >= 4 is 27.8 Å². The molecule has 0 aliphatic heterocycles. The third-order valence-electron chi connectivity index (χ3n) is 2.70. The van der Waals surface area contributed by atoms with Crippen molar-refractivity contribution in [3.8, 4) is 0 Å². The second-order valence-electron chi connectivity index (χ2n) is 4.63. The van der Waals surface area contributed by atoms with Gasteiger partial charge in [-0.15, -0.1) is 11.3 Å². The van der Waals surface area contributed by atoms with Gasteiger partial charge in [0.15, 0.2) is 5.78 Å². The van der Waals surface area contributed by atoms with Crippen molar-refractivity contribution in [2.45, 2.75) is 20.4 Å². The smallest absolute Gasteiger partial charge is 0.177 e. The van der Waals surface area contributed by atoms with E-state index in [1.165, 1.54) is 11.3 Å². The van der Waals surface area contributed by atoms with Crippen LogP contribution in [0, 0.1) is 5.92 Å². The Morgan fingerprint density at radius 3 is 2.95 bits per heavy atom. The van der Waals surface area contributed by atoms with Crippen LogP contribution in [0.25, 0.3) is 0 Å². The standard InChI is InChI=1S/C14H17N3OS/c1-9(2)13(18)14-11(15)6-12(19-14)17-8-10-4-3-5-16-7-10/h3-7,9,17H,8,15H2,1-2H3. The van der Waals surface area contributed by atoms with E-state index < -0.39 is 0 Å². The fraction of sp³-hybridized carbons (Fsp3) is 0.286. The number of hydrogen-bond acceptors (Lipinski definition) is 5. The average molecular weight is 275 g/mol. The summed E-state index contributed by atoms with van der Waals surface area (Å²) < 4.78 is 0. The lowest BCUT2D eigenvalue weighted by atomic mass is 10.1. The van der Waals surface area contributed by atoms with Gasteiger partial charge in [0.25, 0.3) is 0 Å². The predicted molar refractivity (Wildman–Crippen MR) is 79.5 cm³/mol. The van der Waals surface area contributed by atoms with Gasteiger partial charge in [-0.2, -0.15) is 0 Å². The fourth-order valence-corrected chi connectivity index (χ4v) is 2.70. The molecule has 0 fully saturated rings. The predicted octanol–water partition coefficient (Wildman–Crippen LogP) is 3.18. The second-order valence-corrected chi connectivity index (χ2v) is 5.68. The number of carbonyl (C=O) groups is 1. The molecule has 0 saturated heterocycles. The van der Waals surface area contributed by atoms with E-state index in [2.05, 4.69) is 10.3 Å². The maximum absolute atomic E-state index is 11.9. The highest BCUT2D eigenvalue weighted by atomic mass is 32.1.